The van der Waals surface area contributed by atoms with Crippen molar-refractivity contribution in [1.29, 1.82) is 0 Å². The number of carbonyl (C=O) groups is 1. The molecule has 1 aliphatic heterocycles. The number of carbonyl (C=O) groups excluding carboxylic acids is 1. The molecule has 1 atom stereocenters. The van der Waals surface area contributed by atoms with Crippen molar-refractivity contribution in [3.63, 3.8) is 0 Å². The lowest BCUT2D eigenvalue weighted by Gasteiger charge is -2.37. The van der Waals surface area contributed by atoms with Gasteiger partial charge in [0.25, 0.3) is 0 Å². The lowest BCUT2D eigenvalue weighted by atomic mass is 10.2. The van der Waals surface area contributed by atoms with E-state index in [-0.39, 0.29) is 11.9 Å². The standard InChI is InChI=1S/C18H27N5O2/c1-3-22-7-6-19-17(22)14-21-8-10-23(11-9-21)15(2)18(24)20-13-16-5-4-12-25-16/h4-7,12,15H,3,8-11,13-14H2,1-2H3,(H,20,24). The van der Waals surface area contributed by atoms with E-state index >= 15 is 0 Å². The predicted octanol–water partition coefficient (Wildman–Crippen LogP) is 1.32. The molecule has 0 radical (unpaired) electrons. The number of aromatic nitrogens is 2. The fourth-order valence-corrected chi connectivity index (χ4v) is 3.19. The molecule has 2 aromatic heterocycles. The van der Waals surface area contributed by atoms with Crippen molar-refractivity contribution < 1.29 is 9.21 Å². The van der Waals surface area contributed by atoms with Crippen LogP contribution in [0.25, 0.3) is 0 Å². The quantitative estimate of drug-likeness (QED) is 0.820. The fraction of sp³-hybridized carbons (Fsp3) is 0.556. The third-order valence-corrected chi connectivity index (χ3v) is 4.86. The van der Waals surface area contributed by atoms with E-state index in [4.69, 9.17) is 4.42 Å². The summed E-state index contributed by atoms with van der Waals surface area (Å²) in [6.07, 6.45) is 5.51. The van der Waals surface area contributed by atoms with E-state index in [1.807, 2.05) is 31.5 Å². The van der Waals surface area contributed by atoms with Gasteiger partial charge in [0.2, 0.25) is 5.91 Å². The molecule has 2 aromatic rings. The first-order valence-electron chi connectivity index (χ1n) is 8.94. The zero-order valence-corrected chi connectivity index (χ0v) is 15.0. The van der Waals surface area contributed by atoms with Crippen LogP contribution in [-0.4, -0.2) is 57.5 Å². The highest BCUT2D eigenvalue weighted by Gasteiger charge is 2.26. The highest BCUT2D eigenvalue weighted by molar-refractivity contribution is 5.81. The van der Waals surface area contributed by atoms with Crippen LogP contribution in [0.4, 0.5) is 0 Å². The first-order chi connectivity index (χ1) is 12.2. The second kappa shape index (κ2) is 8.31. The van der Waals surface area contributed by atoms with Crippen molar-refractivity contribution in [1.82, 2.24) is 24.7 Å². The Balaban J connectivity index is 1.44. The van der Waals surface area contributed by atoms with Crippen LogP contribution in [-0.2, 0) is 24.4 Å². The van der Waals surface area contributed by atoms with E-state index < -0.39 is 0 Å². The predicted molar refractivity (Wildman–Crippen MR) is 94.8 cm³/mol. The highest BCUT2D eigenvalue weighted by Crippen LogP contribution is 2.10. The molecule has 7 heteroatoms. The Morgan fingerprint density at radius 1 is 1.36 bits per heavy atom. The largest absolute Gasteiger partial charge is 0.467 e. The molecule has 0 spiro atoms. The van der Waals surface area contributed by atoms with Gasteiger partial charge in [-0.1, -0.05) is 0 Å². The zero-order chi connectivity index (χ0) is 17.6. The van der Waals surface area contributed by atoms with Crippen molar-refractivity contribution in [2.24, 2.45) is 0 Å². The second-order valence-corrected chi connectivity index (χ2v) is 6.41. The summed E-state index contributed by atoms with van der Waals surface area (Å²) in [4.78, 5) is 21.4. The van der Waals surface area contributed by atoms with Crippen LogP contribution in [0.15, 0.2) is 35.2 Å². The van der Waals surface area contributed by atoms with Crippen molar-refractivity contribution in [3.8, 4) is 0 Å². The molecule has 1 aliphatic rings. The Labute approximate surface area is 148 Å². The zero-order valence-electron chi connectivity index (χ0n) is 15.0. The minimum atomic E-state index is -0.130. The second-order valence-electron chi connectivity index (χ2n) is 6.41. The van der Waals surface area contributed by atoms with Crippen LogP contribution in [0.3, 0.4) is 0 Å². The van der Waals surface area contributed by atoms with Crippen molar-refractivity contribution >= 4 is 5.91 Å². The molecule has 7 nitrogen and oxygen atoms in total. The number of furan rings is 1. The maximum Gasteiger partial charge on any atom is 0.237 e. The number of amides is 1. The summed E-state index contributed by atoms with van der Waals surface area (Å²) >= 11 is 0. The molecule has 1 unspecified atom stereocenters. The Morgan fingerprint density at radius 2 is 2.16 bits per heavy atom. The lowest BCUT2D eigenvalue weighted by Crippen LogP contribution is -2.53. The third-order valence-electron chi connectivity index (χ3n) is 4.86. The molecule has 0 bridgehead atoms. The Morgan fingerprint density at radius 3 is 2.84 bits per heavy atom. The molecular weight excluding hydrogens is 318 g/mol. The summed E-state index contributed by atoms with van der Waals surface area (Å²) in [5.74, 6) is 1.93. The van der Waals surface area contributed by atoms with Crippen LogP contribution >= 0.6 is 0 Å². The van der Waals surface area contributed by atoms with Gasteiger partial charge in [0.1, 0.15) is 11.6 Å². The number of aryl methyl sites for hydroxylation is 1. The first-order valence-corrected chi connectivity index (χ1v) is 8.94. The molecule has 136 valence electrons. The minimum absolute atomic E-state index is 0.0476. The minimum Gasteiger partial charge on any atom is -0.467 e. The molecule has 1 fully saturated rings. The summed E-state index contributed by atoms with van der Waals surface area (Å²) in [7, 11) is 0. The lowest BCUT2D eigenvalue weighted by molar-refractivity contribution is -0.126. The van der Waals surface area contributed by atoms with Gasteiger partial charge in [-0.25, -0.2) is 4.98 Å². The normalized spacial score (nSPS) is 17.5. The third kappa shape index (κ3) is 4.49. The van der Waals surface area contributed by atoms with Crippen LogP contribution in [0.5, 0.6) is 0 Å². The molecule has 1 N–H and O–H groups in total. The molecule has 0 aromatic carbocycles. The van der Waals surface area contributed by atoms with Crippen LogP contribution in [0.2, 0.25) is 0 Å². The van der Waals surface area contributed by atoms with Gasteiger partial charge in [-0.3, -0.25) is 14.6 Å². The topological polar surface area (TPSA) is 66.5 Å². The maximum absolute atomic E-state index is 12.3. The highest BCUT2D eigenvalue weighted by atomic mass is 16.3. The molecule has 1 amide bonds. The summed E-state index contributed by atoms with van der Waals surface area (Å²) < 4.78 is 7.43. The molecule has 0 aliphatic carbocycles. The fourth-order valence-electron chi connectivity index (χ4n) is 3.19. The summed E-state index contributed by atoms with van der Waals surface area (Å²) in [5, 5.41) is 2.94. The summed E-state index contributed by atoms with van der Waals surface area (Å²) in [5.41, 5.74) is 0. The number of imidazole rings is 1. The number of piperazine rings is 1. The van der Waals surface area contributed by atoms with Crippen LogP contribution in [0.1, 0.15) is 25.4 Å². The van der Waals surface area contributed by atoms with Crippen LogP contribution in [0, 0.1) is 0 Å². The average molecular weight is 345 g/mol. The van der Waals surface area contributed by atoms with Gasteiger partial charge in [0.15, 0.2) is 0 Å². The van der Waals surface area contributed by atoms with E-state index in [0.29, 0.717) is 6.54 Å². The maximum atomic E-state index is 12.3. The first kappa shape index (κ1) is 17.7. The van der Waals surface area contributed by atoms with Crippen molar-refractivity contribution in [2.45, 2.75) is 39.5 Å². The Hall–Kier alpha value is -2.12. The average Bonchev–Trinajstić information content (AvgIpc) is 3.31. The van der Waals surface area contributed by atoms with E-state index in [1.54, 1.807) is 6.26 Å². The molecule has 0 saturated carbocycles. The molecule has 3 rings (SSSR count). The number of nitrogens with zero attached hydrogens (tertiary/aromatic N) is 4. The molecule has 3 heterocycles. The molecule has 1 saturated heterocycles. The summed E-state index contributed by atoms with van der Waals surface area (Å²) in [6.45, 7) is 10.0. The van der Waals surface area contributed by atoms with Gasteiger partial charge in [0, 0.05) is 45.1 Å². The number of hydrogen-bond donors (Lipinski definition) is 1. The van der Waals surface area contributed by atoms with E-state index in [9.17, 15) is 4.79 Å². The number of hydrogen-bond acceptors (Lipinski definition) is 5. The van der Waals surface area contributed by atoms with Crippen molar-refractivity contribution in [3.05, 3.63) is 42.4 Å². The Bertz CT molecular complexity index is 659. The van der Waals surface area contributed by atoms with Gasteiger partial charge in [-0.15, -0.1) is 0 Å². The van der Waals surface area contributed by atoms with E-state index in [2.05, 4.69) is 31.6 Å². The Kier molecular flexibility index (Phi) is 5.88. The van der Waals surface area contributed by atoms with Gasteiger partial charge in [0.05, 0.1) is 25.4 Å². The van der Waals surface area contributed by atoms with Gasteiger partial charge in [-0.2, -0.15) is 0 Å². The van der Waals surface area contributed by atoms with Gasteiger partial charge >= 0.3 is 0 Å². The van der Waals surface area contributed by atoms with E-state index in [1.165, 1.54) is 0 Å². The van der Waals surface area contributed by atoms with Crippen LogP contribution < -0.4 is 5.32 Å². The molecule has 25 heavy (non-hydrogen) atoms. The number of nitrogens with one attached hydrogen (secondary N) is 1. The summed E-state index contributed by atoms with van der Waals surface area (Å²) in [6, 6.07) is 3.56. The SMILES string of the molecule is CCn1ccnc1CN1CCN(C(C)C(=O)NCc2ccco2)CC1. The van der Waals surface area contributed by atoms with Gasteiger partial charge < -0.3 is 14.3 Å². The van der Waals surface area contributed by atoms with Gasteiger partial charge in [-0.05, 0) is 26.0 Å². The van der Waals surface area contributed by atoms with Crippen molar-refractivity contribution in [2.75, 3.05) is 26.2 Å². The smallest absolute Gasteiger partial charge is 0.237 e. The van der Waals surface area contributed by atoms with E-state index in [0.717, 1.165) is 50.9 Å². The monoisotopic (exact) mass is 345 g/mol. The molecular formula is C18H27N5O2. The number of rotatable bonds is 7.